The first-order chi connectivity index (χ1) is 15.4. The number of rotatable bonds is 6. The highest BCUT2D eigenvalue weighted by Gasteiger charge is 2.38. The van der Waals surface area contributed by atoms with Crippen molar-refractivity contribution in [2.75, 3.05) is 35.2 Å². The van der Waals surface area contributed by atoms with E-state index in [0.717, 1.165) is 0 Å². The molecule has 2 aromatic carbocycles. The Balaban J connectivity index is 1.75. The number of anilines is 4. The van der Waals surface area contributed by atoms with E-state index in [2.05, 4.69) is 15.6 Å². The summed E-state index contributed by atoms with van der Waals surface area (Å²) >= 11 is 23.7. The van der Waals surface area contributed by atoms with Gasteiger partial charge in [-0.3, -0.25) is 9.59 Å². The van der Waals surface area contributed by atoms with Crippen molar-refractivity contribution < 1.29 is 24.3 Å². The molecule has 0 saturated heterocycles. The lowest BCUT2D eigenvalue weighted by Gasteiger charge is -2.22. The molecule has 8 N–H and O–H groups in total. The van der Waals surface area contributed by atoms with Crippen LogP contribution in [0.2, 0.25) is 20.1 Å². The highest BCUT2D eigenvalue weighted by Crippen LogP contribution is 2.42. The molecule has 0 unspecified atom stereocenters. The number of nitrogens with one attached hydrogen (secondary N) is 2. The molecule has 0 bridgehead atoms. The Kier molecular flexibility index (Phi) is 7.15. The Morgan fingerprint density at radius 2 is 1.30 bits per heavy atom. The predicted molar refractivity (Wildman–Crippen MR) is 130 cm³/mol. The van der Waals surface area contributed by atoms with E-state index in [1.54, 1.807) is 0 Å². The van der Waals surface area contributed by atoms with Gasteiger partial charge in [-0.15, -0.1) is 0 Å². The second kappa shape index (κ2) is 9.54. The summed E-state index contributed by atoms with van der Waals surface area (Å²) < 4.78 is -0.300. The van der Waals surface area contributed by atoms with E-state index >= 15 is 0 Å². The monoisotopic (exact) mass is 533 g/mol. The number of aliphatic imine (C=N–C) groups is 1. The second-order valence-electron chi connectivity index (χ2n) is 7.04. The lowest BCUT2D eigenvalue weighted by atomic mass is 10.2. The lowest BCUT2D eigenvalue weighted by molar-refractivity contribution is -0.760. The summed E-state index contributed by atoms with van der Waals surface area (Å²) in [6.07, 6.45) is 4.32. The van der Waals surface area contributed by atoms with E-state index in [9.17, 15) is 19.8 Å². The smallest absolute Gasteiger partial charge is 0.404 e. The highest BCUT2D eigenvalue weighted by molar-refractivity contribution is 6.41. The number of phenolic OH excluding ortho intramolecular Hbond substituents is 2. The fourth-order valence-corrected chi connectivity index (χ4v) is 3.89. The number of phenols is 2. The van der Waals surface area contributed by atoms with E-state index in [1.807, 2.05) is 0 Å². The van der Waals surface area contributed by atoms with Gasteiger partial charge >= 0.3 is 12.5 Å². The van der Waals surface area contributed by atoms with Gasteiger partial charge in [-0.25, -0.2) is 0 Å². The number of hydrogen-bond donors (Lipinski definition) is 6. The third-order valence-electron chi connectivity index (χ3n) is 4.63. The molecule has 1 heterocycles. The maximum Gasteiger partial charge on any atom is 0.404 e. The van der Waals surface area contributed by atoms with Gasteiger partial charge in [0.15, 0.2) is 30.8 Å². The third kappa shape index (κ3) is 5.21. The van der Waals surface area contributed by atoms with Crippen molar-refractivity contribution in [3.8, 4) is 11.5 Å². The van der Waals surface area contributed by atoms with E-state index in [0.29, 0.717) is 0 Å². The molecule has 0 spiro atoms. The number of aromatic hydroxyl groups is 2. The standard InChI is InChI=1S/C19H16Cl4N6O4/c20-8-3-10(18(32)14(22)16(8)24)27-12(30)5-29(2-1-26-7-29)6-13(31)28-11-4-9(21)17(25)15(23)19(11)33/h1-4,7H,5-6,24-25H2,(H3-,27,28,30,31,32,33)/q+1/p+1. The SMILES string of the molecule is Nc1c(Cl)cc(NC(=O)C[N+]2(CC(=O)Nc3cc(Cl)c(N)c(Cl)c3O)C=C[N+]=C2)c(O)c1Cl. The molecule has 173 valence electrons. The summed E-state index contributed by atoms with van der Waals surface area (Å²) in [5, 5.41) is 24.9. The zero-order chi connectivity index (χ0) is 24.5. The largest absolute Gasteiger partial charge is 0.504 e. The Morgan fingerprint density at radius 3 is 1.67 bits per heavy atom. The molecule has 33 heavy (non-hydrogen) atoms. The van der Waals surface area contributed by atoms with Crippen molar-refractivity contribution in [3.63, 3.8) is 0 Å². The molecule has 0 aliphatic carbocycles. The van der Waals surface area contributed by atoms with Crippen molar-refractivity contribution in [1.82, 2.24) is 4.99 Å². The number of nitrogens with two attached hydrogens (primary N) is 2. The van der Waals surface area contributed by atoms with Crippen LogP contribution in [0.25, 0.3) is 0 Å². The van der Waals surface area contributed by atoms with Crippen molar-refractivity contribution >= 4 is 87.3 Å². The molecular weight excluding hydrogens is 518 g/mol. The quantitative estimate of drug-likeness (QED) is 0.189. The number of halogens is 4. The summed E-state index contributed by atoms with van der Waals surface area (Å²) in [5.41, 5.74) is 11.1. The van der Waals surface area contributed by atoms with Gasteiger partial charge in [0.25, 0.3) is 11.8 Å². The Hall–Kier alpha value is -2.89. The van der Waals surface area contributed by atoms with Gasteiger partial charge in [-0.05, 0) is 12.1 Å². The van der Waals surface area contributed by atoms with Crippen LogP contribution in [0, 0.1) is 0 Å². The van der Waals surface area contributed by atoms with Gasteiger partial charge in [0.05, 0.1) is 32.8 Å². The summed E-state index contributed by atoms with van der Waals surface area (Å²) in [4.78, 5) is 29.3. The van der Waals surface area contributed by atoms with Crippen LogP contribution in [-0.2, 0) is 9.59 Å². The van der Waals surface area contributed by atoms with Gasteiger partial charge in [-0.2, -0.15) is 4.48 Å². The normalized spacial score (nSPS) is 13.8. The molecule has 1 radical (unpaired) electrons. The van der Waals surface area contributed by atoms with Crippen LogP contribution < -0.4 is 27.1 Å². The first kappa shape index (κ1) is 24.7. The molecule has 2 aromatic rings. The van der Waals surface area contributed by atoms with Gasteiger partial charge in [0.1, 0.15) is 15.0 Å². The Labute approximate surface area is 207 Å². The lowest BCUT2D eigenvalue weighted by Crippen LogP contribution is -2.50. The topological polar surface area (TPSA) is 165 Å². The molecule has 2 amide bonds. The van der Waals surface area contributed by atoms with E-state index in [4.69, 9.17) is 57.9 Å². The minimum Gasteiger partial charge on any atom is -0.504 e. The Bertz CT molecular complexity index is 1120. The van der Waals surface area contributed by atoms with Crippen LogP contribution in [0.4, 0.5) is 22.7 Å². The van der Waals surface area contributed by atoms with Crippen LogP contribution in [0.1, 0.15) is 0 Å². The minimum atomic E-state index is -0.588. The number of nitrogen functional groups attached to an aromatic ring is 2. The van der Waals surface area contributed by atoms with Gasteiger partial charge in [-0.1, -0.05) is 46.4 Å². The second-order valence-corrected chi connectivity index (χ2v) is 8.61. The molecule has 3 rings (SSSR count). The highest BCUT2D eigenvalue weighted by atomic mass is 35.5. The number of carbonyl (C=O) groups is 2. The summed E-state index contributed by atoms with van der Waals surface area (Å²) in [7, 11) is 0. The summed E-state index contributed by atoms with van der Waals surface area (Å²) in [6, 6.07) is 2.50. The fourth-order valence-electron chi connectivity index (χ4n) is 2.98. The fraction of sp³-hybridized carbons (Fsp3) is 0.105. The molecule has 1 aliphatic heterocycles. The maximum absolute atomic E-state index is 12.7. The number of nitrogens with zero attached hydrogens (tertiary/aromatic N) is 2. The van der Waals surface area contributed by atoms with Gasteiger partial charge < -0.3 is 32.3 Å². The van der Waals surface area contributed by atoms with Crippen LogP contribution in [0.3, 0.4) is 0 Å². The minimum absolute atomic E-state index is 0.0326. The van der Waals surface area contributed by atoms with Crippen LogP contribution in [-0.4, -0.2) is 45.9 Å². The van der Waals surface area contributed by atoms with Crippen LogP contribution >= 0.6 is 46.4 Å². The molecule has 0 fully saturated rings. The Morgan fingerprint density at radius 1 is 0.879 bits per heavy atom. The molecule has 14 heteroatoms. The third-order valence-corrected chi connectivity index (χ3v) is 6.02. The summed E-state index contributed by atoms with van der Waals surface area (Å²) in [5.74, 6) is -2.08. The van der Waals surface area contributed by atoms with E-state index in [1.165, 1.54) is 30.9 Å². The van der Waals surface area contributed by atoms with E-state index < -0.39 is 23.3 Å². The van der Waals surface area contributed by atoms with E-state index in [-0.39, 0.29) is 60.4 Å². The average molecular weight is 535 g/mol. The number of quaternary nitrogens is 1. The summed E-state index contributed by atoms with van der Waals surface area (Å²) in [6.45, 7) is -0.552. The van der Waals surface area contributed by atoms with Crippen molar-refractivity contribution in [2.45, 2.75) is 0 Å². The van der Waals surface area contributed by atoms with Crippen molar-refractivity contribution in [2.24, 2.45) is 0 Å². The average Bonchev–Trinajstić information content (AvgIpc) is 3.20. The molecular formula is C19H17Cl4N6O4+2. The van der Waals surface area contributed by atoms with Gasteiger partial charge in [0.2, 0.25) is 0 Å². The number of carbonyl (C=O) groups excluding carboxylic acids is 2. The molecule has 0 atom stereocenters. The molecule has 1 aliphatic rings. The molecule has 0 aromatic heterocycles. The zero-order valence-electron chi connectivity index (χ0n) is 16.6. The first-order valence-corrected chi connectivity index (χ1v) is 10.6. The van der Waals surface area contributed by atoms with Gasteiger partial charge in [0, 0.05) is 0 Å². The zero-order valence-corrected chi connectivity index (χ0v) is 19.6. The molecule has 0 saturated carbocycles. The van der Waals surface area contributed by atoms with Crippen molar-refractivity contribution in [3.05, 3.63) is 44.6 Å². The maximum atomic E-state index is 12.7. The first-order valence-electron chi connectivity index (χ1n) is 9.05. The van der Waals surface area contributed by atoms with Crippen molar-refractivity contribution in [1.29, 1.82) is 0 Å². The van der Waals surface area contributed by atoms with Crippen LogP contribution in [0.5, 0.6) is 11.5 Å². The van der Waals surface area contributed by atoms with Crippen LogP contribution in [0.15, 0.2) is 24.5 Å². The number of benzene rings is 2. The number of amides is 2. The number of hydrogen-bond acceptors (Lipinski definition) is 7. The predicted octanol–water partition coefficient (Wildman–Crippen LogP) is 3.12. The molecule has 10 nitrogen and oxygen atoms in total.